The molecule has 0 aromatic carbocycles. The zero-order valence-corrected chi connectivity index (χ0v) is 19.2. The van der Waals surface area contributed by atoms with Crippen LogP contribution in [0.1, 0.15) is 58.8 Å². The molecule has 0 rings (SSSR count). The number of rotatable bonds is 17. The number of ether oxygens (including phenoxy) is 1. The zero-order chi connectivity index (χ0) is 21.4. The maximum absolute atomic E-state index is 12.3. The number of nitrogens with one attached hydrogen (secondary N) is 2. The molecule has 0 aliphatic heterocycles. The summed E-state index contributed by atoms with van der Waals surface area (Å²) in [6, 6.07) is 0. The average molecular weight is 402 g/mol. The van der Waals surface area contributed by atoms with Crippen LogP contribution in [0.25, 0.3) is 0 Å². The molecule has 1 unspecified atom stereocenters. The minimum absolute atomic E-state index is 0.0684. The smallest absolute Gasteiger partial charge is 0.224 e. The molecule has 0 spiro atoms. The fraction of sp³-hybridized carbons (Fsp3) is 0.905. The largest absolute Gasteiger partial charge is 0.376 e. The zero-order valence-electron chi connectivity index (χ0n) is 19.2. The maximum atomic E-state index is 12.3. The minimum atomic E-state index is 0.0684. The fourth-order valence-corrected chi connectivity index (χ4v) is 3.01. The Kier molecular flexibility index (Phi) is 15.0. The summed E-state index contributed by atoms with van der Waals surface area (Å²) >= 11 is 0. The van der Waals surface area contributed by atoms with Crippen LogP contribution in [0.15, 0.2) is 0 Å². The van der Waals surface area contributed by atoms with Gasteiger partial charge in [-0.05, 0) is 46.3 Å². The first-order chi connectivity index (χ1) is 13.2. The third-order valence-electron chi connectivity index (χ3n) is 4.88. The number of hydrogen-bond acceptors (Lipinski definition) is 4. The van der Waals surface area contributed by atoms with Crippen molar-refractivity contribution in [3.63, 3.8) is 0 Å². The van der Waals surface area contributed by atoms with Crippen LogP contribution in [0.3, 0.4) is 0 Å². The highest BCUT2D eigenvalue weighted by Gasteiger charge is 2.27. The van der Waals surface area contributed by atoms with Crippen LogP contribution in [0, 0.1) is 0 Å². The first-order valence-electron chi connectivity index (χ1n) is 10.8. The Hall–Kier alpha value is -1.18. The van der Waals surface area contributed by atoms with Gasteiger partial charge in [0, 0.05) is 32.4 Å². The lowest BCUT2D eigenvalue weighted by atomic mass is 10.1. The van der Waals surface area contributed by atoms with E-state index in [-0.39, 0.29) is 18.0 Å². The van der Waals surface area contributed by atoms with Gasteiger partial charge in [-0.15, -0.1) is 0 Å². The second-order valence-electron chi connectivity index (χ2n) is 8.32. The van der Waals surface area contributed by atoms with Crippen molar-refractivity contribution in [3.8, 4) is 0 Å². The average Bonchev–Trinajstić information content (AvgIpc) is 2.63. The lowest BCUT2D eigenvalue weighted by molar-refractivity contribution is -0.917. The molecule has 1 atom stereocenters. The molecule has 7 heteroatoms. The topological polar surface area (TPSA) is 70.7 Å². The summed E-state index contributed by atoms with van der Waals surface area (Å²) in [4.78, 5) is 26.2. The number of unbranched alkanes of at least 4 members (excludes halogenated alkanes) is 1. The molecule has 0 radical (unpaired) electrons. The van der Waals surface area contributed by atoms with Crippen molar-refractivity contribution in [1.29, 1.82) is 0 Å². The van der Waals surface area contributed by atoms with E-state index in [1.165, 1.54) is 0 Å². The predicted molar refractivity (Wildman–Crippen MR) is 115 cm³/mol. The van der Waals surface area contributed by atoms with E-state index in [2.05, 4.69) is 43.5 Å². The third kappa shape index (κ3) is 13.9. The molecule has 0 fully saturated rings. The van der Waals surface area contributed by atoms with Gasteiger partial charge in [0.15, 0.2) is 6.17 Å². The van der Waals surface area contributed by atoms with E-state index in [9.17, 15) is 9.59 Å². The number of carbonyl (C=O) groups excluding carboxylic acids is 2. The highest BCUT2D eigenvalue weighted by Crippen LogP contribution is 2.09. The summed E-state index contributed by atoms with van der Waals surface area (Å²) in [7, 11) is 8.31. The summed E-state index contributed by atoms with van der Waals surface area (Å²) in [5, 5.41) is 6.10. The SMILES string of the molecule is CCCOCC[N+](C)(C)C(CC)NC(=O)CCCCC(=O)NCCCN(C)C. The Morgan fingerprint density at radius 2 is 1.64 bits per heavy atom. The quantitative estimate of drug-likeness (QED) is 0.222. The molecule has 0 aromatic rings. The molecule has 0 aliphatic carbocycles. The van der Waals surface area contributed by atoms with Crippen LogP contribution in [0.4, 0.5) is 0 Å². The van der Waals surface area contributed by atoms with Gasteiger partial charge < -0.3 is 24.8 Å². The highest BCUT2D eigenvalue weighted by atomic mass is 16.5. The van der Waals surface area contributed by atoms with Gasteiger partial charge in [0.25, 0.3) is 0 Å². The van der Waals surface area contributed by atoms with Crippen LogP contribution < -0.4 is 10.6 Å². The normalized spacial score (nSPS) is 12.8. The molecule has 0 heterocycles. The van der Waals surface area contributed by atoms with E-state index in [4.69, 9.17) is 4.74 Å². The number of nitrogens with zero attached hydrogens (tertiary/aromatic N) is 2. The Balaban J connectivity index is 3.99. The second kappa shape index (κ2) is 15.7. The van der Waals surface area contributed by atoms with E-state index < -0.39 is 0 Å². The first kappa shape index (κ1) is 26.8. The van der Waals surface area contributed by atoms with Crippen LogP contribution in [-0.4, -0.2) is 88.4 Å². The minimum Gasteiger partial charge on any atom is -0.376 e. The Bertz CT molecular complexity index is 428. The first-order valence-corrected chi connectivity index (χ1v) is 10.8. The molecule has 0 saturated heterocycles. The van der Waals surface area contributed by atoms with Crippen LogP contribution in [0.5, 0.6) is 0 Å². The molecule has 0 bridgehead atoms. The molecule has 2 N–H and O–H groups in total. The molecule has 28 heavy (non-hydrogen) atoms. The van der Waals surface area contributed by atoms with Crippen LogP contribution in [-0.2, 0) is 14.3 Å². The molecular weight excluding hydrogens is 356 g/mol. The van der Waals surface area contributed by atoms with Crippen molar-refractivity contribution in [1.82, 2.24) is 15.5 Å². The fourth-order valence-electron chi connectivity index (χ4n) is 3.01. The van der Waals surface area contributed by atoms with Gasteiger partial charge in [-0.25, -0.2) is 0 Å². The molecular formula is C21H45N4O3+. The molecule has 166 valence electrons. The number of carbonyl (C=O) groups is 2. The summed E-state index contributed by atoms with van der Waals surface area (Å²) in [6.07, 6.45) is 5.37. The molecule has 0 aromatic heterocycles. The van der Waals surface area contributed by atoms with Crippen molar-refractivity contribution in [2.24, 2.45) is 0 Å². The van der Waals surface area contributed by atoms with Crippen molar-refractivity contribution in [2.45, 2.75) is 65.0 Å². The lowest BCUT2D eigenvalue weighted by Crippen LogP contribution is -2.58. The van der Waals surface area contributed by atoms with E-state index in [0.29, 0.717) is 30.5 Å². The molecule has 0 saturated carbocycles. The Labute approximate surface area is 172 Å². The number of quaternary nitrogens is 1. The van der Waals surface area contributed by atoms with E-state index in [0.717, 1.165) is 51.8 Å². The number of amides is 2. The third-order valence-corrected chi connectivity index (χ3v) is 4.88. The molecule has 7 nitrogen and oxygen atoms in total. The second-order valence-corrected chi connectivity index (χ2v) is 8.32. The van der Waals surface area contributed by atoms with Gasteiger partial charge in [-0.3, -0.25) is 9.59 Å². The van der Waals surface area contributed by atoms with Gasteiger partial charge in [0.05, 0.1) is 20.7 Å². The van der Waals surface area contributed by atoms with E-state index >= 15 is 0 Å². The lowest BCUT2D eigenvalue weighted by Gasteiger charge is -2.37. The maximum Gasteiger partial charge on any atom is 0.224 e. The Morgan fingerprint density at radius 3 is 2.21 bits per heavy atom. The Morgan fingerprint density at radius 1 is 1.00 bits per heavy atom. The monoisotopic (exact) mass is 401 g/mol. The van der Waals surface area contributed by atoms with Crippen molar-refractivity contribution in [2.75, 3.05) is 61.0 Å². The van der Waals surface area contributed by atoms with Gasteiger partial charge in [-0.2, -0.15) is 0 Å². The van der Waals surface area contributed by atoms with E-state index in [1.54, 1.807) is 0 Å². The number of likely N-dealkylation sites (N-methyl/N-ethyl adjacent to an activating group) is 1. The summed E-state index contributed by atoms with van der Waals surface area (Å²) < 4.78 is 6.31. The summed E-state index contributed by atoms with van der Waals surface area (Å²) in [5.41, 5.74) is 0. The number of hydrogen-bond donors (Lipinski definition) is 2. The van der Waals surface area contributed by atoms with Crippen LogP contribution >= 0.6 is 0 Å². The van der Waals surface area contributed by atoms with Gasteiger partial charge in [0.2, 0.25) is 11.8 Å². The van der Waals surface area contributed by atoms with Gasteiger partial charge in [0.1, 0.15) is 6.54 Å². The predicted octanol–water partition coefficient (Wildman–Crippen LogP) is 1.97. The molecule has 0 aliphatic rings. The van der Waals surface area contributed by atoms with Crippen molar-refractivity contribution in [3.05, 3.63) is 0 Å². The van der Waals surface area contributed by atoms with E-state index in [1.807, 2.05) is 14.1 Å². The highest BCUT2D eigenvalue weighted by molar-refractivity contribution is 5.77. The molecule has 2 amide bonds. The van der Waals surface area contributed by atoms with Gasteiger partial charge in [-0.1, -0.05) is 13.8 Å². The van der Waals surface area contributed by atoms with Crippen LogP contribution in [0.2, 0.25) is 0 Å². The van der Waals surface area contributed by atoms with Crippen molar-refractivity contribution >= 4 is 11.8 Å². The van der Waals surface area contributed by atoms with Gasteiger partial charge >= 0.3 is 0 Å². The summed E-state index contributed by atoms with van der Waals surface area (Å²) in [5.74, 6) is 0.148. The standard InChI is InChI=1S/C21H44N4O3/c1-7-17-28-18-16-25(5,6)19(8-2)23-21(27)13-10-9-12-20(26)22-14-11-15-24(3)4/h19H,7-18H2,1-6H3,(H-,22,23,26,27)/p+1. The van der Waals surface area contributed by atoms with Crippen molar-refractivity contribution < 1.29 is 18.8 Å². The summed E-state index contributed by atoms with van der Waals surface area (Å²) in [6.45, 7) is 8.24.